The van der Waals surface area contributed by atoms with Crippen LogP contribution < -0.4 is 0 Å². The van der Waals surface area contributed by atoms with Crippen LogP contribution in [-0.4, -0.2) is 32.5 Å². The molecular weight excluding hydrogens is 303 g/mol. The average molecular weight is 324 g/mol. The molecule has 0 aliphatic carbocycles. The van der Waals surface area contributed by atoms with Gasteiger partial charge in [0.2, 0.25) is 0 Å². The number of likely N-dealkylation sites (tertiary alicyclic amines) is 1. The second-order valence-electron chi connectivity index (χ2n) is 6.70. The SMILES string of the molecule is Cc1ccnc(C2CCN(Cc3cn(C)c4ccc(F)cc34)C2)n1. The van der Waals surface area contributed by atoms with Crippen molar-refractivity contribution in [1.29, 1.82) is 0 Å². The Hall–Kier alpha value is -2.27. The molecule has 1 aliphatic heterocycles. The minimum Gasteiger partial charge on any atom is -0.350 e. The molecule has 3 aromatic rings. The second kappa shape index (κ2) is 5.98. The largest absolute Gasteiger partial charge is 0.350 e. The zero-order chi connectivity index (χ0) is 16.7. The lowest BCUT2D eigenvalue weighted by molar-refractivity contribution is 0.326. The molecule has 1 fully saturated rings. The molecule has 0 amide bonds. The summed E-state index contributed by atoms with van der Waals surface area (Å²) in [4.78, 5) is 11.4. The third-order valence-electron chi connectivity index (χ3n) is 4.88. The van der Waals surface area contributed by atoms with Crippen LogP contribution in [0.2, 0.25) is 0 Å². The smallest absolute Gasteiger partial charge is 0.132 e. The van der Waals surface area contributed by atoms with E-state index in [-0.39, 0.29) is 5.82 Å². The van der Waals surface area contributed by atoms with Gasteiger partial charge in [-0.25, -0.2) is 14.4 Å². The first-order chi connectivity index (χ1) is 11.6. The van der Waals surface area contributed by atoms with Crippen molar-refractivity contribution in [2.75, 3.05) is 13.1 Å². The molecule has 0 saturated carbocycles. The number of aryl methyl sites for hydroxylation is 2. The van der Waals surface area contributed by atoms with Crippen molar-refractivity contribution in [1.82, 2.24) is 19.4 Å². The Balaban J connectivity index is 1.54. The summed E-state index contributed by atoms with van der Waals surface area (Å²) in [7, 11) is 2.01. The molecule has 5 heteroatoms. The summed E-state index contributed by atoms with van der Waals surface area (Å²) in [5.41, 5.74) is 3.27. The number of hydrogen-bond acceptors (Lipinski definition) is 3. The molecule has 0 N–H and O–H groups in total. The summed E-state index contributed by atoms with van der Waals surface area (Å²) in [6, 6.07) is 6.94. The lowest BCUT2D eigenvalue weighted by Crippen LogP contribution is -2.20. The summed E-state index contributed by atoms with van der Waals surface area (Å²) in [5.74, 6) is 1.15. The van der Waals surface area contributed by atoms with Gasteiger partial charge < -0.3 is 4.57 Å². The fraction of sp³-hybridized carbons (Fsp3) is 0.368. The lowest BCUT2D eigenvalue weighted by atomic mass is 10.1. The van der Waals surface area contributed by atoms with Gasteiger partial charge in [0.05, 0.1) is 0 Å². The third kappa shape index (κ3) is 2.80. The van der Waals surface area contributed by atoms with Gasteiger partial charge in [-0.1, -0.05) is 0 Å². The highest BCUT2D eigenvalue weighted by molar-refractivity contribution is 5.84. The van der Waals surface area contributed by atoms with E-state index in [4.69, 9.17) is 0 Å². The summed E-state index contributed by atoms with van der Waals surface area (Å²) in [6.45, 7) is 4.81. The van der Waals surface area contributed by atoms with Crippen molar-refractivity contribution < 1.29 is 4.39 Å². The maximum atomic E-state index is 13.6. The van der Waals surface area contributed by atoms with Crippen molar-refractivity contribution in [3.63, 3.8) is 0 Å². The van der Waals surface area contributed by atoms with Gasteiger partial charge in [-0.3, -0.25) is 4.90 Å². The molecule has 4 rings (SSSR count). The summed E-state index contributed by atoms with van der Waals surface area (Å²) >= 11 is 0. The average Bonchev–Trinajstić information content (AvgIpc) is 3.13. The van der Waals surface area contributed by atoms with E-state index in [1.165, 1.54) is 11.6 Å². The molecular formula is C19H21FN4. The highest BCUT2D eigenvalue weighted by Gasteiger charge is 2.26. The van der Waals surface area contributed by atoms with E-state index >= 15 is 0 Å². The summed E-state index contributed by atoms with van der Waals surface area (Å²) in [5, 5.41) is 1.01. The van der Waals surface area contributed by atoms with Crippen LogP contribution in [0.1, 0.15) is 29.4 Å². The number of hydrogen-bond donors (Lipinski definition) is 0. The van der Waals surface area contributed by atoms with Crippen LogP contribution in [0.3, 0.4) is 0 Å². The standard InChI is InChI=1S/C19H21FN4/c1-13-5-7-21-19(22-13)14-6-8-24(11-14)12-15-10-23(2)18-4-3-16(20)9-17(15)18/h3-5,7,9-10,14H,6,8,11-12H2,1-2H3. The molecule has 0 bridgehead atoms. The Labute approximate surface area is 141 Å². The fourth-order valence-corrected chi connectivity index (χ4v) is 3.66. The van der Waals surface area contributed by atoms with Crippen LogP contribution >= 0.6 is 0 Å². The molecule has 1 aliphatic rings. The maximum Gasteiger partial charge on any atom is 0.132 e. The monoisotopic (exact) mass is 324 g/mol. The molecule has 4 nitrogen and oxygen atoms in total. The first-order valence-electron chi connectivity index (χ1n) is 8.35. The first-order valence-corrected chi connectivity index (χ1v) is 8.35. The van der Waals surface area contributed by atoms with Crippen LogP contribution in [0, 0.1) is 12.7 Å². The van der Waals surface area contributed by atoms with E-state index in [1.54, 1.807) is 6.07 Å². The lowest BCUT2D eigenvalue weighted by Gasteiger charge is -2.15. The Kier molecular flexibility index (Phi) is 3.81. The molecule has 124 valence electrons. The zero-order valence-corrected chi connectivity index (χ0v) is 14.0. The van der Waals surface area contributed by atoms with Gasteiger partial charge in [-0.15, -0.1) is 0 Å². The number of rotatable bonds is 3. The van der Waals surface area contributed by atoms with Gasteiger partial charge in [0.15, 0.2) is 0 Å². The predicted octanol–water partition coefficient (Wildman–Crippen LogP) is 3.41. The second-order valence-corrected chi connectivity index (χ2v) is 6.70. The molecule has 2 aromatic heterocycles. The van der Waals surface area contributed by atoms with Crippen LogP contribution in [-0.2, 0) is 13.6 Å². The topological polar surface area (TPSA) is 34.0 Å². The van der Waals surface area contributed by atoms with E-state index < -0.39 is 0 Å². The Morgan fingerprint density at radius 1 is 1.29 bits per heavy atom. The number of aromatic nitrogens is 3. The van der Waals surface area contributed by atoms with Gasteiger partial charge in [-0.05, 0) is 49.7 Å². The maximum absolute atomic E-state index is 13.6. The summed E-state index contributed by atoms with van der Waals surface area (Å²) < 4.78 is 15.7. The van der Waals surface area contributed by atoms with E-state index in [2.05, 4.69) is 25.6 Å². The van der Waals surface area contributed by atoms with Crippen molar-refractivity contribution in [2.45, 2.75) is 25.8 Å². The van der Waals surface area contributed by atoms with Crippen molar-refractivity contribution >= 4 is 10.9 Å². The van der Waals surface area contributed by atoms with Gasteiger partial charge in [0, 0.05) is 55.0 Å². The predicted molar refractivity (Wildman–Crippen MR) is 92.3 cm³/mol. The van der Waals surface area contributed by atoms with E-state index in [0.717, 1.165) is 48.5 Å². The van der Waals surface area contributed by atoms with Crippen LogP contribution in [0.25, 0.3) is 10.9 Å². The Bertz CT molecular complexity index is 886. The van der Waals surface area contributed by atoms with Crippen LogP contribution in [0.4, 0.5) is 4.39 Å². The van der Waals surface area contributed by atoms with Gasteiger partial charge >= 0.3 is 0 Å². The number of halogens is 1. The minimum absolute atomic E-state index is 0.178. The molecule has 0 radical (unpaired) electrons. The highest BCUT2D eigenvalue weighted by Crippen LogP contribution is 2.28. The van der Waals surface area contributed by atoms with E-state index in [0.29, 0.717) is 5.92 Å². The quantitative estimate of drug-likeness (QED) is 0.740. The van der Waals surface area contributed by atoms with Crippen molar-refractivity contribution in [3.05, 3.63) is 59.6 Å². The number of benzene rings is 1. The highest BCUT2D eigenvalue weighted by atomic mass is 19.1. The van der Waals surface area contributed by atoms with Crippen LogP contribution in [0.5, 0.6) is 0 Å². The Morgan fingerprint density at radius 2 is 2.17 bits per heavy atom. The zero-order valence-electron chi connectivity index (χ0n) is 14.0. The van der Waals surface area contributed by atoms with Gasteiger partial charge in [-0.2, -0.15) is 0 Å². The molecule has 1 aromatic carbocycles. The van der Waals surface area contributed by atoms with E-state index in [1.807, 2.05) is 32.3 Å². The summed E-state index contributed by atoms with van der Waals surface area (Å²) in [6.07, 6.45) is 5.02. The normalized spacial score (nSPS) is 18.5. The molecule has 1 unspecified atom stereocenters. The molecule has 0 spiro atoms. The number of fused-ring (bicyclic) bond motifs is 1. The van der Waals surface area contributed by atoms with Crippen LogP contribution in [0.15, 0.2) is 36.7 Å². The van der Waals surface area contributed by atoms with Gasteiger partial charge in [0.1, 0.15) is 11.6 Å². The van der Waals surface area contributed by atoms with Crippen molar-refractivity contribution in [3.8, 4) is 0 Å². The molecule has 1 atom stereocenters. The van der Waals surface area contributed by atoms with Gasteiger partial charge in [0.25, 0.3) is 0 Å². The molecule has 3 heterocycles. The minimum atomic E-state index is -0.178. The first kappa shape index (κ1) is 15.3. The van der Waals surface area contributed by atoms with Crippen molar-refractivity contribution in [2.24, 2.45) is 7.05 Å². The Morgan fingerprint density at radius 3 is 3.00 bits per heavy atom. The number of nitrogens with zero attached hydrogens (tertiary/aromatic N) is 4. The molecule has 1 saturated heterocycles. The molecule has 24 heavy (non-hydrogen) atoms. The fourth-order valence-electron chi connectivity index (χ4n) is 3.66. The van der Waals surface area contributed by atoms with E-state index in [9.17, 15) is 4.39 Å². The third-order valence-corrected chi connectivity index (χ3v) is 4.88.